The number of nitrogens with zero attached hydrogens (tertiary/aromatic N) is 31. The molecule has 774 valence electrons. The summed E-state index contributed by atoms with van der Waals surface area (Å²) in [5.41, 5.74) is 49.3. The summed E-state index contributed by atoms with van der Waals surface area (Å²) in [6.45, 7) is 45.0. The number of pyridine rings is 5. The maximum absolute atomic E-state index is 13.5. The Kier molecular flexibility index (Phi) is 34.0. The number of Topliss-reactive ketones (excluding diaryl/α,β-unsaturated/α-hetero) is 2. The van der Waals surface area contributed by atoms with Crippen molar-refractivity contribution in [2.45, 2.75) is 232 Å². The number of fused-ring (bicyclic) bond motifs is 13. The van der Waals surface area contributed by atoms with E-state index < -0.39 is 11.4 Å². The first-order valence-corrected chi connectivity index (χ1v) is 48.4. The van der Waals surface area contributed by atoms with Gasteiger partial charge in [0.1, 0.15) is 33.7 Å². The number of hydrogen-bond donors (Lipinski definition) is 8. The summed E-state index contributed by atoms with van der Waals surface area (Å²) in [6, 6.07) is 22.4. The number of anilines is 6. The number of hydrogen-bond acceptors (Lipinski definition) is 29. The highest BCUT2D eigenvalue weighted by Crippen LogP contribution is 2.33. The van der Waals surface area contributed by atoms with Crippen LogP contribution in [0.3, 0.4) is 0 Å². The molecular weight excluding hydrogens is 1890 g/mol. The van der Waals surface area contributed by atoms with E-state index in [1.165, 1.54) is 18.7 Å². The van der Waals surface area contributed by atoms with Gasteiger partial charge in [-0.25, -0.2) is 87.5 Å². The van der Waals surface area contributed by atoms with Gasteiger partial charge in [0.25, 0.3) is 16.7 Å². The minimum Gasteiger partial charge on any atom is -0.398 e. The van der Waals surface area contributed by atoms with E-state index in [4.69, 9.17) is 34.4 Å². The largest absolute Gasteiger partial charge is 0.398 e. The number of carbonyl (C=O) groups excluding carboxylic acids is 2. The minimum atomic E-state index is -0.525. The van der Waals surface area contributed by atoms with E-state index >= 15 is 0 Å². The van der Waals surface area contributed by atoms with Crippen LogP contribution in [0.5, 0.6) is 0 Å². The van der Waals surface area contributed by atoms with Crippen molar-refractivity contribution in [3.63, 3.8) is 0 Å². The number of rotatable bonds is 11. The topological polar surface area (TPSA) is 567 Å². The molecule has 0 radical (unpaired) electrons. The highest BCUT2D eigenvalue weighted by molar-refractivity contribution is 6.10. The summed E-state index contributed by atoms with van der Waals surface area (Å²) < 4.78 is 51.0. The number of carbonyl (C=O) groups is 2. The maximum atomic E-state index is 13.5. The van der Waals surface area contributed by atoms with Crippen LogP contribution in [0.15, 0.2) is 209 Å². The summed E-state index contributed by atoms with van der Waals surface area (Å²) in [5, 5.41) is 21.6. The van der Waals surface area contributed by atoms with Gasteiger partial charge in [-0.3, -0.25) is 32.8 Å². The van der Waals surface area contributed by atoms with Crippen molar-refractivity contribution >= 4 is 165 Å². The second-order valence-corrected chi connectivity index (χ2v) is 37.8. The number of imidazole rings is 5. The van der Waals surface area contributed by atoms with Crippen molar-refractivity contribution in [3.05, 3.63) is 245 Å². The Bertz CT molecular complexity index is 7910. The Morgan fingerprint density at radius 1 is 0.365 bits per heavy atom. The Morgan fingerprint density at radius 3 is 1.44 bits per heavy atom. The number of aliphatic imine (C=N–C) groups is 2. The SMILES string of the molecule is CC(C)c1cnc2c(N)ccnn12.CC(C)n1cc(F)c2c(=O)[nH]cnc21.CC(C)n1cc(F)c2c(N)ccnc21.CC(C)n1ccc(=O)n2ccnc12.CC(C)n1ccc2c(N)ccnc21.CC(C)n1ccc2c1N=CCC2=O.CC(C)n1cnc2c(=O)[nH]c3cccn3c21.CC(C)n1cnc2c(N)ccnc21.CC(C)n1cnc2c1N=CCC2=O.CC(C)n1nnc2c(N)ccnc21.CC(C)n1nnc2c(N)ccnc21. The van der Waals surface area contributed by atoms with Crippen molar-refractivity contribution in [1.29, 1.82) is 0 Å². The van der Waals surface area contributed by atoms with Gasteiger partial charge in [0.05, 0.1) is 89.2 Å². The van der Waals surface area contributed by atoms with Gasteiger partial charge in [0, 0.05) is 177 Å². The zero-order valence-corrected chi connectivity index (χ0v) is 86.9. The predicted molar refractivity (Wildman–Crippen MR) is 577 cm³/mol. The van der Waals surface area contributed by atoms with Gasteiger partial charge < -0.3 is 80.9 Å². The third-order valence-electron chi connectivity index (χ3n) is 23.5. The normalized spacial score (nSPS) is 12.1. The second-order valence-electron chi connectivity index (χ2n) is 37.8. The van der Waals surface area contributed by atoms with Crippen molar-refractivity contribution in [3.8, 4) is 0 Å². The molecule has 0 saturated carbocycles. The third-order valence-corrected chi connectivity index (χ3v) is 23.5. The van der Waals surface area contributed by atoms with Crippen LogP contribution < -0.4 is 51.1 Å². The van der Waals surface area contributed by atoms with Crippen LogP contribution in [0.1, 0.15) is 258 Å². The fourth-order valence-electron chi connectivity index (χ4n) is 15.8. The van der Waals surface area contributed by atoms with E-state index in [2.05, 4.69) is 188 Å². The fraction of sp³-hybridized carbons (Fsp3) is 0.343. The summed E-state index contributed by atoms with van der Waals surface area (Å²) in [6.07, 6.45) is 36.2. The highest BCUT2D eigenvalue weighted by atomic mass is 19.1. The van der Waals surface area contributed by atoms with Crippen molar-refractivity contribution < 1.29 is 18.4 Å². The molecule has 0 atom stereocenters. The Morgan fingerprint density at radius 2 is 0.858 bits per heavy atom. The monoisotopic (exact) mass is 2020 g/mol. The maximum Gasteiger partial charge on any atom is 0.279 e. The lowest BCUT2D eigenvalue weighted by Gasteiger charge is -2.12. The number of ketones is 2. The fourth-order valence-corrected chi connectivity index (χ4v) is 15.8. The van der Waals surface area contributed by atoms with Gasteiger partial charge in [0.2, 0.25) is 5.78 Å². The average Bonchev–Trinajstić information content (AvgIpc) is 1.60. The van der Waals surface area contributed by atoms with Crippen molar-refractivity contribution in [2.75, 3.05) is 34.4 Å². The van der Waals surface area contributed by atoms with Crippen molar-refractivity contribution in [1.82, 2.24) is 150 Å². The summed E-state index contributed by atoms with van der Waals surface area (Å²) in [5.74, 6) is 2.01. The molecule has 44 nitrogen and oxygen atoms in total. The first kappa shape index (κ1) is 108. The van der Waals surface area contributed by atoms with Crippen LogP contribution in [0, 0.1) is 11.6 Å². The lowest BCUT2D eigenvalue weighted by molar-refractivity contribution is 0.0990. The molecule has 14 N–H and O–H groups in total. The Hall–Kier alpha value is -17.6. The highest BCUT2D eigenvalue weighted by Gasteiger charge is 2.25. The van der Waals surface area contributed by atoms with Gasteiger partial charge in [-0.2, -0.15) is 5.10 Å². The van der Waals surface area contributed by atoms with Gasteiger partial charge in [-0.15, -0.1) is 10.2 Å². The molecule has 21 aromatic rings. The van der Waals surface area contributed by atoms with Gasteiger partial charge in [0.15, 0.2) is 85.1 Å². The molecule has 46 heteroatoms. The number of H-pyrrole nitrogens is 2. The van der Waals surface area contributed by atoms with Crippen LogP contribution in [-0.2, 0) is 0 Å². The molecule has 21 aromatic heterocycles. The van der Waals surface area contributed by atoms with Crippen LogP contribution in [-0.4, -0.2) is 174 Å². The molecule has 0 unspecified atom stereocenters. The van der Waals surface area contributed by atoms with Gasteiger partial charge in [-0.05, 0) is 205 Å². The lowest BCUT2D eigenvalue weighted by atomic mass is 10.1. The van der Waals surface area contributed by atoms with Gasteiger partial charge in [-0.1, -0.05) is 24.3 Å². The van der Waals surface area contributed by atoms with Crippen molar-refractivity contribution in [2.24, 2.45) is 9.98 Å². The molecule has 2 aliphatic rings. The summed E-state index contributed by atoms with van der Waals surface area (Å²) in [7, 11) is 0. The molecule has 148 heavy (non-hydrogen) atoms. The van der Waals surface area contributed by atoms with Crippen LogP contribution in [0.2, 0.25) is 0 Å². The number of nitrogens with two attached hydrogens (primary N) is 6. The molecule has 0 aromatic carbocycles. The minimum absolute atomic E-state index is 0.0289. The number of aromatic amines is 2. The molecule has 0 saturated heterocycles. The van der Waals surface area contributed by atoms with E-state index in [1.807, 2.05) is 152 Å². The molecule has 23 rings (SSSR count). The van der Waals surface area contributed by atoms with Crippen LogP contribution in [0.25, 0.3) is 94.8 Å². The predicted octanol–water partition coefficient (Wildman–Crippen LogP) is 17.7. The Labute approximate surface area is 848 Å². The quantitative estimate of drug-likeness (QED) is 0.0596. The number of aromatic nitrogens is 31. The summed E-state index contributed by atoms with van der Waals surface area (Å²) in [4.78, 5) is 117. The molecule has 0 aliphatic carbocycles. The number of nitrogens with one attached hydrogen (secondary N) is 2. The van der Waals surface area contributed by atoms with Crippen LogP contribution in [0.4, 0.5) is 54.5 Å². The molecule has 0 amide bonds. The van der Waals surface area contributed by atoms with Crippen LogP contribution >= 0.6 is 0 Å². The molecule has 23 heterocycles. The number of halogens is 2. The smallest absolute Gasteiger partial charge is 0.279 e. The molecule has 0 bridgehead atoms. The third kappa shape index (κ3) is 23.5. The molecular formula is C102H127F2N39O5. The van der Waals surface area contributed by atoms with E-state index in [1.54, 1.807) is 151 Å². The van der Waals surface area contributed by atoms with Gasteiger partial charge >= 0.3 is 0 Å². The average molecular weight is 2020 g/mol. The second kappa shape index (κ2) is 46.8. The molecule has 0 spiro atoms. The first-order valence-electron chi connectivity index (χ1n) is 48.4. The number of nitrogen functional groups attached to an aromatic ring is 6. The zero-order chi connectivity index (χ0) is 107. The standard InChI is InChI=1S/C11H12N4O.C10H12FN3.C10H13N3.C10H12N2O.C9H10FN3O.2C9H12N4.2C9H11N3O.2C8H11N5/c1-7(2)15-6-12-9-10(16)13-8-4-3-5-14(8)11(9)15;1-6(2)14-5-7(11)9-8(12)3-4-13-10(9)14;1-7(2)13-6-4-8-9(11)3-5-12-10(8)13;1-7(2)12-6-4-8-9(13)3-5-11-10(8)12;1-5(2)13-3-6(10)7-8(13)11-4-12-9(7)14;1-6(2)13-5-12-8-7(10)3-4-11-9(8)13;1-6(2)8-5-11-9-7(10)3-4-12-13(8)9;1-7(2)11-5-3-8(13)12-6-4-10-9(11)12;1-6(2)12-5-11-8-7(13)3-4-10-9(8)12;2*1-5(2)13-8-7(11-12-13)6(9)3-4-10-8/h3-7H,1-2H3,(H,13,16);3-6H,1-2H3,(H2,12,13);3-7H,1-2H3,(H2,11,12);4-7H,3H2,1-2H3;3-5H,1-2H3,(H,11,12,14);3-6H,1-2H3,(H2,10,11);3-6H,10H2,1-2H3;3-7H,1-2H3;4-6H,3H2,1-2H3;2*3-5H,1-2H3,(H2,9,10). The first-order chi connectivity index (χ1) is 70.5. The zero-order valence-electron chi connectivity index (χ0n) is 86.9. The van der Waals surface area contributed by atoms with E-state index in [0.717, 1.165) is 73.2 Å². The Balaban J connectivity index is 0.000000136. The molecule has 2 aliphatic heterocycles. The van der Waals surface area contributed by atoms with E-state index in [0.29, 0.717) is 128 Å². The summed E-state index contributed by atoms with van der Waals surface area (Å²) >= 11 is 0. The molecule has 0 fully saturated rings. The lowest BCUT2D eigenvalue weighted by Crippen LogP contribution is -2.16. The van der Waals surface area contributed by atoms with E-state index in [-0.39, 0.29) is 64.1 Å². The van der Waals surface area contributed by atoms with E-state index in [9.17, 15) is 32.8 Å².